The lowest BCUT2D eigenvalue weighted by atomic mass is 9.90. The van der Waals surface area contributed by atoms with Crippen LogP contribution in [-0.2, 0) is 0 Å². The second-order valence-electron chi connectivity index (χ2n) is 8.36. The number of likely N-dealkylation sites (tertiary alicyclic amines) is 1. The highest BCUT2D eigenvalue weighted by Gasteiger charge is 2.32. The Bertz CT molecular complexity index is 1070. The summed E-state index contributed by atoms with van der Waals surface area (Å²) < 4.78 is 0. The van der Waals surface area contributed by atoms with Crippen LogP contribution in [0.4, 0.5) is 17.5 Å². The molecule has 4 rings (SSSR count). The largest absolute Gasteiger partial charge is 0.367 e. The van der Waals surface area contributed by atoms with E-state index in [1.807, 2.05) is 25.1 Å². The molecule has 0 bridgehead atoms. The van der Waals surface area contributed by atoms with E-state index < -0.39 is 0 Å². The highest BCUT2D eigenvalue weighted by atomic mass is 15.2. The number of nitrogens with one attached hydrogen (secondary N) is 3. The number of rotatable bonds is 7. The molecule has 4 heterocycles. The summed E-state index contributed by atoms with van der Waals surface area (Å²) in [5.41, 5.74) is 1.88. The van der Waals surface area contributed by atoms with Crippen molar-refractivity contribution in [1.82, 2.24) is 25.1 Å². The smallest absolute Gasteiger partial charge is 0.153 e. The summed E-state index contributed by atoms with van der Waals surface area (Å²) in [4.78, 5) is 11.9. The standard InChI is InChI=1S/C23H30N8/c1-4-18-13-17(12-16(3)31(18)10-6-8-24)26-23-19-7-5-9-25-20(19)14-21(28-23)27-22-11-15(2)29-30-22/h5,7,9,11,14,16-18H,4,6,10,12-13H2,1-3H3,(H3,26,27,28,29,30)/t16-,17-,18+/m1/s1. The average Bonchev–Trinajstić information content (AvgIpc) is 3.17. The summed E-state index contributed by atoms with van der Waals surface area (Å²) >= 11 is 0. The number of H-pyrrole nitrogens is 1. The number of nitriles is 1. The van der Waals surface area contributed by atoms with E-state index in [0.29, 0.717) is 30.4 Å². The summed E-state index contributed by atoms with van der Waals surface area (Å²) in [7, 11) is 0. The number of aromatic nitrogens is 4. The SMILES string of the molecule is CC[C@H]1C[C@H](Nc2nc(Nc3cc(C)[nH]n3)cc3ncccc23)C[C@@H](C)N1CCC#N. The van der Waals surface area contributed by atoms with Gasteiger partial charge in [0.1, 0.15) is 11.6 Å². The molecule has 1 saturated heterocycles. The van der Waals surface area contributed by atoms with Crippen LogP contribution in [0.1, 0.15) is 45.2 Å². The van der Waals surface area contributed by atoms with Gasteiger partial charge in [-0.2, -0.15) is 10.4 Å². The molecule has 31 heavy (non-hydrogen) atoms. The van der Waals surface area contributed by atoms with Gasteiger partial charge >= 0.3 is 0 Å². The van der Waals surface area contributed by atoms with Gasteiger partial charge in [-0.3, -0.25) is 15.0 Å². The van der Waals surface area contributed by atoms with Gasteiger partial charge in [0.2, 0.25) is 0 Å². The number of hydrogen-bond donors (Lipinski definition) is 3. The van der Waals surface area contributed by atoms with Crippen molar-refractivity contribution in [1.29, 1.82) is 5.26 Å². The Hall–Kier alpha value is -3.18. The highest BCUT2D eigenvalue weighted by Crippen LogP contribution is 2.30. The maximum absolute atomic E-state index is 9.01. The second kappa shape index (κ2) is 9.31. The predicted octanol–water partition coefficient (Wildman–Crippen LogP) is 4.36. The van der Waals surface area contributed by atoms with Crippen LogP contribution in [0.3, 0.4) is 0 Å². The first kappa shape index (κ1) is 21.1. The van der Waals surface area contributed by atoms with Crippen molar-refractivity contribution in [2.24, 2.45) is 0 Å². The fourth-order valence-corrected chi connectivity index (χ4v) is 4.62. The first-order chi connectivity index (χ1) is 15.1. The summed E-state index contributed by atoms with van der Waals surface area (Å²) in [5, 5.41) is 24.2. The summed E-state index contributed by atoms with van der Waals surface area (Å²) in [6.07, 6.45) is 5.51. The van der Waals surface area contributed by atoms with E-state index in [0.717, 1.165) is 54.0 Å². The van der Waals surface area contributed by atoms with Gasteiger partial charge in [0.15, 0.2) is 5.82 Å². The third-order valence-electron chi connectivity index (χ3n) is 6.07. The van der Waals surface area contributed by atoms with Gasteiger partial charge in [0.25, 0.3) is 0 Å². The molecular weight excluding hydrogens is 388 g/mol. The minimum Gasteiger partial charge on any atom is -0.367 e. The molecule has 1 aliphatic rings. The van der Waals surface area contributed by atoms with Crippen molar-refractivity contribution >= 4 is 28.4 Å². The summed E-state index contributed by atoms with van der Waals surface area (Å²) in [6.45, 7) is 7.30. The van der Waals surface area contributed by atoms with E-state index in [2.05, 4.69) is 56.7 Å². The molecule has 0 saturated carbocycles. The number of anilines is 3. The molecule has 0 aliphatic carbocycles. The fraction of sp³-hybridized carbons (Fsp3) is 0.478. The quantitative estimate of drug-likeness (QED) is 0.523. The van der Waals surface area contributed by atoms with Crippen molar-refractivity contribution < 1.29 is 0 Å². The molecule has 162 valence electrons. The topological polar surface area (TPSA) is 106 Å². The fourth-order valence-electron chi connectivity index (χ4n) is 4.62. The van der Waals surface area contributed by atoms with E-state index in [1.165, 1.54) is 0 Å². The second-order valence-corrected chi connectivity index (χ2v) is 8.36. The molecule has 3 aromatic rings. The lowest BCUT2D eigenvalue weighted by Crippen LogP contribution is -2.51. The minimum atomic E-state index is 0.317. The minimum absolute atomic E-state index is 0.317. The molecule has 3 aromatic heterocycles. The van der Waals surface area contributed by atoms with Crippen molar-refractivity contribution in [3.63, 3.8) is 0 Å². The Morgan fingerprint density at radius 2 is 2.16 bits per heavy atom. The molecule has 0 radical (unpaired) electrons. The number of hydrogen-bond acceptors (Lipinski definition) is 7. The normalized spacial score (nSPS) is 21.7. The van der Waals surface area contributed by atoms with Gasteiger partial charge in [-0.15, -0.1) is 0 Å². The first-order valence-corrected chi connectivity index (χ1v) is 11.0. The maximum atomic E-state index is 9.01. The number of pyridine rings is 2. The molecular formula is C23H30N8. The summed E-state index contributed by atoms with van der Waals surface area (Å²) in [5.74, 6) is 2.29. The van der Waals surface area contributed by atoms with Crippen molar-refractivity contribution in [3.05, 3.63) is 36.2 Å². The van der Waals surface area contributed by atoms with Crippen molar-refractivity contribution in [2.45, 2.75) is 64.6 Å². The van der Waals surface area contributed by atoms with Crippen LogP contribution in [-0.4, -0.2) is 49.7 Å². The van der Waals surface area contributed by atoms with E-state index >= 15 is 0 Å². The number of aryl methyl sites for hydroxylation is 1. The molecule has 1 aliphatic heterocycles. The predicted molar refractivity (Wildman–Crippen MR) is 123 cm³/mol. The van der Waals surface area contributed by atoms with Crippen LogP contribution in [0, 0.1) is 18.3 Å². The van der Waals surface area contributed by atoms with Gasteiger partial charge in [0, 0.05) is 60.5 Å². The zero-order chi connectivity index (χ0) is 21.8. The molecule has 0 amide bonds. The van der Waals surface area contributed by atoms with E-state index in [4.69, 9.17) is 10.2 Å². The van der Waals surface area contributed by atoms with Crippen LogP contribution in [0.5, 0.6) is 0 Å². The zero-order valence-corrected chi connectivity index (χ0v) is 18.4. The third-order valence-corrected chi connectivity index (χ3v) is 6.07. The molecule has 8 heteroatoms. The average molecular weight is 419 g/mol. The Kier molecular flexibility index (Phi) is 6.33. The van der Waals surface area contributed by atoms with Gasteiger partial charge in [-0.05, 0) is 45.2 Å². The molecule has 0 spiro atoms. The van der Waals surface area contributed by atoms with Gasteiger partial charge in [-0.25, -0.2) is 4.98 Å². The molecule has 0 unspecified atom stereocenters. The van der Waals surface area contributed by atoms with Crippen LogP contribution < -0.4 is 10.6 Å². The Morgan fingerprint density at radius 1 is 1.29 bits per heavy atom. The Balaban J connectivity index is 1.58. The van der Waals surface area contributed by atoms with E-state index in [1.54, 1.807) is 6.20 Å². The maximum Gasteiger partial charge on any atom is 0.153 e. The van der Waals surface area contributed by atoms with E-state index in [9.17, 15) is 0 Å². The van der Waals surface area contributed by atoms with Crippen LogP contribution >= 0.6 is 0 Å². The van der Waals surface area contributed by atoms with Crippen LogP contribution in [0.2, 0.25) is 0 Å². The highest BCUT2D eigenvalue weighted by molar-refractivity contribution is 5.91. The molecule has 3 atom stereocenters. The first-order valence-electron chi connectivity index (χ1n) is 11.0. The van der Waals surface area contributed by atoms with Gasteiger partial charge < -0.3 is 10.6 Å². The number of nitrogens with zero attached hydrogens (tertiary/aromatic N) is 5. The van der Waals surface area contributed by atoms with Gasteiger partial charge in [0.05, 0.1) is 11.6 Å². The number of aromatic amines is 1. The van der Waals surface area contributed by atoms with Crippen molar-refractivity contribution in [2.75, 3.05) is 17.2 Å². The van der Waals surface area contributed by atoms with Gasteiger partial charge in [-0.1, -0.05) is 6.92 Å². The molecule has 1 fully saturated rings. The van der Waals surface area contributed by atoms with Crippen LogP contribution in [0.15, 0.2) is 30.5 Å². The lowest BCUT2D eigenvalue weighted by molar-refractivity contribution is 0.0859. The molecule has 8 nitrogen and oxygen atoms in total. The van der Waals surface area contributed by atoms with Crippen molar-refractivity contribution in [3.8, 4) is 6.07 Å². The number of piperidine rings is 1. The number of fused-ring (bicyclic) bond motifs is 1. The third kappa shape index (κ3) is 4.78. The molecule has 3 N–H and O–H groups in total. The monoisotopic (exact) mass is 418 g/mol. The van der Waals surface area contributed by atoms with E-state index in [-0.39, 0.29) is 0 Å². The Morgan fingerprint density at radius 3 is 2.90 bits per heavy atom. The summed E-state index contributed by atoms with van der Waals surface area (Å²) in [6, 6.07) is 11.4. The lowest BCUT2D eigenvalue weighted by Gasteiger charge is -2.44. The molecule has 0 aromatic carbocycles. The zero-order valence-electron chi connectivity index (χ0n) is 18.4. The Labute approximate surface area is 183 Å². The van der Waals surface area contributed by atoms with Crippen LogP contribution in [0.25, 0.3) is 10.9 Å².